The fourth-order valence-electron chi connectivity index (χ4n) is 3.44. The normalized spacial score (nSPS) is 29.6. The molecule has 1 aliphatic heterocycles. The lowest BCUT2D eigenvalue weighted by Crippen LogP contribution is -2.63. The number of nitrogens with zero attached hydrogens (tertiary/aromatic N) is 1. The van der Waals surface area contributed by atoms with Gasteiger partial charge in [-0.1, -0.05) is 53.4 Å². The van der Waals surface area contributed by atoms with E-state index < -0.39 is 0 Å². The highest BCUT2D eigenvalue weighted by Gasteiger charge is 2.36. The van der Waals surface area contributed by atoms with Gasteiger partial charge in [0.1, 0.15) is 0 Å². The molecule has 0 aliphatic carbocycles. The van der Waals surface area contributed by atoms with Crippen LogP contribution in [0.3, 0.4) is 0 Å². The zero-order valence-electron chi connectivity index (χ0n) is 14.7. The SMILES string of the molecule is CCCCC(CC)CN1CC(CCC)NCC1(C)CC. The van der Waals surface area contributed by atoms with E-state index in [1.54, 1.807) is 0 Å². The molecule has 2 nitrogen and oxygen atoms in total. The minimum Gasteiger partial charge on any atom is -0.311 e. The predicted octanol–water partition coefficient (Wildman–Crippen LogP) is 4.45. The largest absolute Gasteiger partial charge is 0.311 e. The van der Waals surface area contributed by atoms with Gasteiger partial charge >= 0.3 is 0 Å². The molecule has 3 unspecified atom stereocenters. The van der Waals surface area contributed by atoms with Crippen molar-refractivity contribution in [3.05, 3.63) is 0 Å². The zero-order valence-corrected chi connectivity index (χ0v) is 14.7. The summed E-state index contributed by atoms with van der Waals surface area (Å²) < 4.78 is 0. The highest BCUT2D eigenvalue weighted by atomic mass is 15.3. The molecule has 0 saturated carbocycles. The van der Waals surface area contributed by atoms with Crippen molar-refractivity contribution < 1.29 is 0 Å². The summed E-state index contributed by atoms with van der Waals surface area (Å²) in [6.45, 7) is 15.5. The van der Waals surface area contributed by atoms with Crippen molar-refractivity contribution in [1.29, 1.82) is 0 Å². The molecule has 0 aromatic heterocycles. The average molecular weight is 283 g/mol. The van der Waals surface area contributed by atoms with Crippen LogP contribution in [0.25, 0.3) is 0 Å². The fourth-order valence-corrected chi connectivity index (χ4v) is 3.44. The van der Waals surface area contributed by atoms with Crippen LogP contribution in [0.15, 0.2) is 0 Å². The third-order valence-electron chi connectivity index (χ3n) is 5.40. The van der Waals surface area contributed by atoms with Crippen molar-refractivity contribution in [3.8, 4) is 0 Å². The first-order valence-corrected chi connectivity index (χ1v) is 9.08. The van der Waals surface area contributed by atoms with Gasteiger partial charge in [-0.25, -0.2) is 0 Å². The number of piperazine rings is 1. The monoisotopic (exact) mass is 282 g/mol. The minimum atomic E-state index is 0.365. The van der Waals surface area contributed by atoms with Gasteiger partial charge < -0.3 is 5.32 Å². The van der Waals surface area contributed by atoms with E-state index in [4.69, 9.17) is 0 Å². The Kier molecular flexibility index (Phi) is 8.13. The molecule has 1 fully saturated rings. The zero-order chi connectivity index (χ0) is 15.0. The molecule has 1 aliphatic rings. The third-order valence-corrected chi connectivity index (χ3v) is 5.40. The van der Waals surface area contributed by atoms with E-state index in [1.807, 2.05) is 0 Å². The Morgan fingerprint density at radius 3 is 2.50 bits per heavy atom. The Balaban J connectivity index is 2.63. The summed E-state index contributed by atoms with van der Waals surface area (Å²) in [6, 6.07) is 0.711. The van der Waals surface area contributed by atoms with E-state index in [2.05, 4.69) is 44.8 Å². The molecule has 0 bridgehead atoms. The van der Waals surface area contributed by atoms with E-state index in [9.17, 15) is 0 Å². The molecular formula is C18H38N2. The summed E-state index contributed by atoms with van der Waals surface area (Å²) in [6.07, 6.45) is 9.34. The molecule has 0 aromatic carbocycles. The van der Waals surface area contributed by atoms with Gasteiger partial charge in [0.15, 0.2) is 0 Å². The second kappa shape index (κ2) is 9.04. The molecule has 1 N–H and O–H groups in total. The van der Waals surface area contributed by atoms with Crippen molar-refractivity contribution in [2.75, 3.05) is 19.6 Å². The molecule has 1 rings (SSSR count). The molecule has 3 atom stereocenters. The van der Waals surface area contributed by atoms with Crippen LogP contribution < -0.4 is 5.32 Å². The van der Waals surface area contributed by atoms with Crippen LogP contribution in [0, 0.1) is 5.92 Å². The minimum absolute atomic E-state index is 0.365. The van der Waals surface area contributed by atoms with E-state index in [1.165, 1.54) is 64.6 Å². The molecule has 0 aromatic rings. The van der Waals surface area contributed by atoms with Crippen LogP contribution in [0.4, 0.5) is 0 Å². The van der Waals surface area contributed by atoms with Crippen molar-refractivity contribution in [2.45, 2.75) is 91.1 Å². The van der Waals surface area contributed by atoms with Gasteiger partial charge in [0.2, 0.25) is 0 Å². The van der Waals surface area contributed by atoms with E-state index in [-0.39, 0.29) is 0 Å². The molecule has 0 radical (unpaired) electrons. The second-order valence-corrected chi connectivity index (χ2v) is 7.04. The Morgan fingerprint density at radius 1 is 1.20 bits per heavy atom. The summed E-state index contributed by atoms with van der Waals surface area (Å²) in [5.41, 5.74) is 0.365. The lowest BCUT2D eigenvalue weighted by molar-refractivity contribution is 0.0309. The van der Waals surface area contributed by atoms with Gasteiger partial charge in [0.05, 0.1) is 0 Å². The van der Waals surface area contributed by atoms with Crippen molar-refractivity contribution >= 4 is 0 Å². The van der Waals surface area contributed by atoms with Crippen LogP contribution in [0.2, 0.25) is 0 Å². The molecule has 20 heavy (non-hydrogen) atoms. The molecular weight excluding hydrogens is 244 g/mol. The van der Waals surface area contributed by atoms with Crippen molar-refractivity contribution in [1.82, 2.24) is 10.2 Å². The summed E-state index contributed by atoms with van der Waals surface area (Å²) in [7, 11) is 0. The third kappa shape index (κ3) is 5.04. The van der Waals surface area contributed by atoms with E-state index in [0.717, 1.165) is 5.92 Å². The Bertz CT molecular complexity index is 254. The topological polar surface area (TPSA) is 15.3 Å². The van der Waals surface area contributed by atoms with Crippen LogP contribution >= 0.6 is 0 Å². The van der Waals surface area contributed by atoms with Gasteiger partial charge in [-0.05, 0) is 32.1 Å². The summed E-state index contributed by atoms with van der Waals surface area (Å²) in [5, 5.41) is 3.78. The molecule has 0 amide bonds. The molecule has 120 valence electrons. The maximum absolute atomic E-state index is 3.78. The van der Waals surface area contributed by atoms with E-state index in [0.29, 0.717) is 11.6 Å². The molecule has 1 heterocycles. The Hall–Kier alpha value is -0.0800. The fraction of sp³-hybridized carbons (Fsp3) is 1.00. The van der Waals surface area contributed by atoms with Crippen LogP contribution in [0.1, 0.15) is 79.6 Å². The number of unbranched alkanes of at least 4 members (excludes halogenated alkanes) is 1. The standard InChI is InChI=1S/C18H38N2/c1-6-10-12-16(8-3)13-20-14-17(11-7-2)19-15-18(20,5)9-4/h16-17,19H,6-15H2,1-5H3. The Morgan fingerprint density at radius 2 is 1.95 bits per heavy atom. The first-order valence-electron chi connectivity index (χ1n) is 9.08. The van der Waals surface area contributed by atoms with Crippen LogP contribution in [0.5, 0.6) is 0 Å². The maximum Gasteiger partial charge on any atom is 0.0304 e. The smallest absolute Gasteiger partial charge is 0.0304 e. The lowest BCUT2D eigenvalue weighted by Gasteiger charge is -2.49. The van der Waals surface area contributed by atoms with Gasteiger partial charge in [0, 0.05) is 31.2 Å². The van der Waals surface area contributed by atoms with Crippen LogP contribution in [-0.4, -0.2) is 36.1 Å². The number of rotatable bonds is 9. The number of hydrogen-bond acceptors (Lipinski definition) is 2. The van der Waals surface area contributed by atoms with Crippen molar-refractivity contribution in [2.24, 2.45) is 5.92 Å². The molecule has 1 saturated heterocycles. The second-order valence-electron chi connectivity index (χ2n) is 7.04. The quantitative estimate of drug-likeness (QED) is 0.672. The van der Waals surface area contributed by atoms with Gasteiger partial charge in [-0.3, -0.25) is 4.90 Å². The summed E-state index contributed by atoms with van der Waals surface area (Å²) in [4.78, 5) is 2.81. The highest BCUT2D eigenvalue weighted by Crippen LogP contribution is 2.27. The average Bonchev–Trinajstić information content (AvgIpc) is 2.47. The first kappa shape index (κ1) is 18.0. The van der Waals surface area contributed by atoms with Gasteiger partial charge in [-0.2, -0.15) is 0 Å². The predicted molar refractivity (Wildman–Crippen MR) is 90.3 cm³/mol. The maximum atomic E-state index is 3.78. The molecule has 2 heteroatoms. The number of nitrogens with one attached hydrogen (secondary N) is 1. The van der Waals surface area contributed by atoms with Crippen LogP contribution in [-0.2, 0) is 0 Å². The highest BCUT2D eigenvalue weighted by molar-refractivity contribution is 4.95. The van der Waals surface area contributed by atoms with Gasteiger partial charge in [0.25, 0.3) is 0 Å². The number of hydrogen-bond donors (Lipinski definition) is 1. The van der Waals surface area contributed by atoms with E-state index >= 15 is 0 Å². The first-order chi connectivity index (χ1) is 9.59. The lowest BCUT2D eigenvalue weighted by atomic mass is 9.88. The van der Waals surface area contributed by atoms with Crippen molar-refractivity contribution in [3.63, 3.8) is 0 Å². The summed E-state index contributed by atoms with van der Waals surface area (Å²) >= 11 is 0. The molecule has 0 spiro atoms. The summed E-state index contributed by atoms with van der Waals surface area (Å²) in [5.74, 6) is 0.890. The Labute approximate surface area is 127 Å². The van der Waals surface area contributed by atoms with Gasteiger partial charge in [-0.15, -0.1) is 0 Å².